The maximum atomic E-state index is 11.9. The summed E-state index contributed by atoms with van der Waals surface area (Å²) in [5.41, 5.74) is 0. The number of aliphatic carboxylic acids is 1. The second-order valence-electron chi connectivity index (χ2n) is 3.69. The highest BCUT2D eigenvalue weighted by Crippen LogP contribution is 2.14. The van der Waals surface area contributed by atoms with Crippen molar-refractivity contribution in [3.05, 3.63) is 0 Å². The standard InChI is InChI=1S/C8H16N2O4S/c1-6-5-9-3-4-10(6)15(13,14)7(2)8(11)12/h6-7,9H,3-5H2,1-2H3,(H,11,12)/t6-,7?/m0/s1. The van der Waals surface area contributed by atoms with E-state index in [1.165, 1.54) is 11.2 Å². The Morgan fingerprint density at radius 1 is 1.60 bits per heavy atom. The molecule has 0 saturated carbocycles. The Bertz CT molecular complexity index is 341. The van der Waals surface area contributed by atoms with Gasteiger partial charge in [-0.25, -0.2) is 8.42 Å². The van der Waals surface area contributed by atoms with E-state index in [9.17, 15) is 13.2 Å². The number of carbonyl (C=O) groups is 1. The zero-order valence-electron chi connectivity index (χ0n) is 8.80. The molecule has 0 aromatic rings. The number of carboxylic acid groups (broad SMARTS) is 1. The lowest BCUT2D eigenvalue weighted by molar-refractivity contribution is -0.136. The minimum atomic E-state index is -3.72. The molecule has 1 saturated heterocycles. The van der Waals surface area contributed by atoms with Gasteiger partial charge in [-0.1, -0.05) is 0 Å². The van der Waals surface area contributed by atoms with Crippen LogP contribution in [0.15, 0.2) is 0 Å². The maximum Gasteiger partial charge on any atom is 0.323 e. The van der Waals surface area contributed by atoms with Crippen molar-refractivity contribution in [3.63, 3.8) is 0 Å². The summed E-state index contributed by atoms with van der Waals surface area (Å²) >= 11 is 0. The van der Waals surface area contributed by atoms with Crippen molar-refractivity contribution in [2.45, 2.75) is 25.1 Å². The summed E-state index contributed by atoms with van der Waals surface area (Å²) in [5, 5.41) is 10.4. The Balaban J connectivity index is 2.89. The van der Waals surface area contributed by atoms with Gasteiger partial charge in [-0.2, -0.15) is 4.31 Å². The lowest BCUT2D eigenvalue weighted by Gasteiger charge is -2.33. The molecule has 1 aliphatic rings. The van der Waals surface area contributed by atoms with Crippen LogP contribution in [0.5, 0.6) is 0 Å². The highest BCUT2D eigenvalue weighted by Gasteiger charge is 2.37. The number of nitrogens with zero attached hydrogens (tertiary/aromatic N) is 1. The van der Waals surface area contributed by atoms with Gasteiger partial charge >= 0.3 is 5.97 Å². The topological polar surface area (TPSA) is 86.7 Å². The molecule has 88 valence electrons. The molecule has 0 aromatic carbocycles. The van der Waals surface area contributed by atoms with E-state index in [0.717, 1.165) is 0 Å². The Kier molecular flexibility index (Phi) is 3.69. The highest BCUT2D eigenvalue weighted by atomic mass is 32.2. The number of piperazine rings is 1. The molecule has 1 unspecified atom stereocenters. The molecule has 0 radical (unpaired) electrons. The predicted molar refractivity (Wildman–Crippen MR) is 55.1 cm³/mol. The summed E-state index contributed by atoms with van der Waals surface area (Å²) < 4.78 is 25.0. The van der Waals surface area contributed by atoms with Gasteiger partial charge in [-0.05, 0) is 13.8 Å². The van der Waals surface area contributed by atoms with Gasteiger partial charge in [0.25, 0.3) is 0 Å². The molecule has 15 heavy (non-hydrogen) atoms. The van der Waals surface area contributed by atoms with E-state index in [-0.39, 0.29) is 6.04 Å². The van der Waals surface area contributed by atoms with Crippen LogP contribution in [0.25, 0.3) is 0 Å². The molecule has 0 spiro atoms. The van der Waals surface area contributed by atoms with Crippen molar-refractivity contribution in [3.8, 4) is 0 Å². The van der Waals surface area contributed by atoms with Crippen LogP contribution >= 0.6 is 0 Å². The van der Waals surface area contributed by atoms with Gasteiger partial charge in [0.1, 0.15) is 0 Å². The second kappa shape index (κ2) is 4.46. The molecule has 7 heteroatoms. The van der Waals surface area contributed by atoms with Gasteiger partial charge in [0.05, 0.1) is 0 Å². The summed E-state index contributed by atoms with van der Waals surface area (Å²) in [5.74, 6) is -1.30. The fourth-order valence-electron chi connectivity index (χ4n) is 1.53. The number of hydrogen-bond donors (Lipinski definition) is 2. The van der Waals surface area contributed by atoms with Crippen LogP contribution in [0.4, 0.5) is 0 Å². The van der Waals surface area contributed by atoms with Crippen LogP contribution in [0, 0.1) is 0 Å². The van der Waals surface area contributed by atoms with E-state index in [0.29, 0.717) is 19.6 Å². The first-order chi connectivity index (χ1) is 6.87. The SMILES string of the molecule is CC(C(=O)O)S(=O)(=O)N1CCNC[C@@H]1C. The van der Waals surface area contributed by atoms with Crippen molar-refractivity contribution in [2.24, 2.45) is 0 Å². The van der Waals surface area contributed by atoms with Gasteiger partial charge in [0.15, 0.2) is 5.25 Å². The van der Waals surface area contributed by atoms with Gasteiger partial charge < -0.3 is 10.4 Å². The third-order valence-electron chi connectivity index (χ3n) is 2.56. The molecule has 1 fully saturated rings. The van der Waals surface area contributed by atoms with Crippen LogP contribution in [-0.2, 0) is 14.8 Å². The van der Waals surface area contributed by atoms with E-state index in [1.807, 2.05) is 0 Å². The third kappa shape index (κ3) is 2.47. The summed E-state index contributed by atoms with van der Waals surface area (Å²) in [6, 6.07) is -0.189. The van der Waals surface area contributed by atoms with Gasteiger partial charge in [-0.15, -0.1) is 0 Å². The maximum absolute atomic E-state index is 11.9. The predicted octanol–water partition coefficient (Wildman–Crippen LogP) is -0.917. The highest BCUT2D eigenvalue weighted by molar-refractivity contribution is 7.90. The van der Waals surface area contributed by atoms with Crippen LogP contribution in [0.1, 0.15) is 13.8 Å². The normalized spacial score (nSPS) is 26.1. The Morgan fingerprint density at radius 3 is 2.67 bits per heavy atom. The van der Waals surface area contributed by atoms with Gasteiger partial charge in [-0.3, -0.25) is 4.79 Å². The van der Waals surface area contributed by atoms with E-state index >= 15 is 0 Å². The van der Waals surface area contributed by atoms with E-state index in [1.54, 1.807) is 6.92 Å². The lowest BCUT2D eigenvalue weighted by Crippen LogP contribution is -2.55. The Labute approximate surface area is 89.3 Å². The number of nitrogens with one attached hydrogen (secondary N) is 1. The molecule has 0 aliphatic carbocycles. The van der Waals surface area contributed by atoms with Crippen LogP contribution in [-0.4, -0.2) is 54.7 Å². The molecular weight excluding hydrogens is 220 g/mol. The molecule has 2 N–H and O–H groups in total. The number of sulfonamides is 1. The van der Waals surface area contributed by atoms with Gasteiger partial charge in [0, 0.05) is 25.7 Å². The minimum Gasteiger partial charge on any atom is -0.480 e. The Morgan fingerprint density at radius 2 is 2.20 bits per heavy atom. The van der Waals surface area contributed by atoms with E-state index in [4.69, 9.17) is 5.11 Å². The fraction of sp³-hybridized carbons (Fsp3) is 0.875. The second-order valence-corrected chi connectivity index (χ2v) is 5.90. The summed E-state index contributed by atoms with van der Waals surface area (Å²) in [6.45, 7) is 4.42. The zero-order valence-corrected chi connectivity index (χ0v) is 9.62. The summed E-state index contributed by atoms with van der Waals surface area (Å²) in [7, 11) is -3.72. The van der Waals surface area contributed by atoms with Crippen molar-refractivity contribution >= 4 is 16.0 Å². The lowest BCUT2D eigenvalue weighted by atomic mass is 10.3. The number of carboxylic acids is 1. The van der Waals surface area contributed by atoms with Crippen molar-refractivity contribution in [2.75, 3.05) is 19.6 Å². The number of hydrogen-bond acceptors (Lipinski definition) is 4. The molecule has 1 heterocycles. The van der Waals surface area contributed by atoms with Crippen LogP contribution in [0.3, 0.4) is 0 Å². The summed E-state index contributed by atoms with van der Waals surface area (Å²) in [4.78, 5) is 10.7. The molecule has 0 bridgehead atoms. The van der Waals surface area contributed by atoms with Crippen LogP contribution in [0.2, 0.25) is 0 Å². The first kappa shape index (κ1) is 12.4. The largest absolute Gasteiger partial charge is 0.480 e. The first-order valence-corrected chi connectivity index (χ1v) is 6.32. The summed E-state index contributed by atoms with van der Waals surface area (Å²) in [6.07, 6.45) is 0. The fourth-order valence-corrected chi connectivity index (χ4v) is 3.11. The average Bonchev–Trinajstić information content (AvgIpc) is 2.16. The van der Waals surface area contributed by atoms with E-state index < -0.39 is 21.2 Å². The third-order valence-corrected chi connectivity index (χ3v) is 4.85. The van der Waals surface area contributed by atoms with Crippen LogP contribution < -0.4 is 5.32 Å². The van der Waals surface area contributed by atoms with Crippen molar-refractivity contribution in [1.82, 2.24) is 9.62 Å². The molecule has 0 amide bonds. The van der Waals surface area contributed by atoms with E-state index in [2.05, 4.69) is 5.32 Å². The molecule has 1 rings (SSSR count). The molecule has 6 nitrogen and oxygen atoms in total. The molecule has 2 atom stereocenters. The monoisotopic (exact) mass is 236 g/mol. The average molecular weight is 236 g/mol. The quantitative estimate of drug-likeness (QED) is 0.662. The van der Waals surface area contributed by atoms with Gasteiger partial charge in [0.2, 0.25) is 10.0 Å². The Hall–Kier alpha value is -0.660. The van der Waals surface area contributed by atoms with Crippen molar-refractivity contribution in [1.29, 1.82) is 0 Å². The van der Waals surface area contributed by atoms with Crippen molar-refractivity contribution < 1.29 is 18.3 Å². The molecule has 0 aromatic heterocycles. The smallest absolute Gasteiger partial charge is 0.323 e. The molecule has 1 aliphatic heterocycles. The number of rotatable bonds is 3. The zero-order chi connectivity index (χ0) is 11.6. The molecular formula is C8H16N2O4S. The minimum absolute atomic E-state index is 0.189. The first-order valence-electron chi connectivity index (χ1n) is 4.81.